The molecular weight excluding hydrogens is 309 g/mol. The Bertz CT molecular complexity index is 572. The molecule has 1 atom stereocenters. The van der Waals surface area contributed by atoms with E-state index < -0.39 is 0 Å². The average Bonchev–Trinajstić information content (AvgIpc) is 2.36. The predicted octanol–water partition coefficient (Wildman–Crippen LogP) is 4.19. The van der Waals surface area contributed by atoms with E-state index in [9.17, 15) is 4.39 Å². The Hall–Kier alpha value is -1.39. The maximum absolute atomic E-state index is 13.3. The van der Waals surface area contributed by atoms with Gasteiger partial charge < -0.3 is 10.5 Å². The summed E-state index contributed by atoms with van der Waals surface area (Å²) in [6, 6.07) is 12.0. The lowest BCUT2D eigenvalue weighted by molar-refractivity contribution is 0.299. The molecule has 2 aromatic rings. The Morgan fingerprint density at radius 1 is 1.26 bits per heavy atom. The van der Waals surface area contributed by atoms with Gasteiger partial charge in [-0.15, -0.1) is 0 Å². The summed E-state index contributed by atoms with van der Waals surface area (Å²) in [5.74, 6) is 0.170. The van der Waals surface area contributed by atoms with Crippen molar-refractivity contribution >= 4 is 15.9 Å². The Labute approximate surface area is 120 Å². The van der Waals surface area contributed by atoms with E-state index >= 15 is 0 Å². The summed E-state index contributed by atoms with van der Waals surface area (Å²) >= 11 is 3.40. The van der Waals surface area contributed by atoms with Crippen molar-refractivity contribution in [2.45, 2.75) is 19.6 Å². The van der Waals surface area contributed by atoms with Crippen molar-refractivity contribution in [1.82, 2.24) is 0 Å². The third kappa shape index (κ3) is 3.78. The van der Waals surface area contributed by atoms with Crippen molar-refractivity contribution in [3.05, 3.63) is 63.9 Å². The van der Waals surface area contributed by atoms with Crippen LogP contribution in [0.1, 0.15) is 24.1 Å². The first-order valence-corrected chi connectivity index (χ1v) is 6.78. The quantitative estimate of drug-likeness (QED) is 0.915. The van der Waals surface area contributed by atoms with Crippen LogP contribution in [0.2, 0.25) is 0 Å². The molecule has 0 heterocycles. The van der Waals surface area contributed by atoms with Crippen LogP contribution < -0.4 is 10.5 Å². The molecule has 0 aromatic heterocycles. The maximum Gasteiger partial charge on any atom is 0.127 e. The molecule has 1 unspecified atom stereocenters. The molecule has 19 heavy (non-hydrogen) atoms. The summed E-state index contributed by atoms with van der Waals surface area (Å²) in [7, 11) is 0. The van der Waals surface area contributed by atoms with E-state index in [1.807, 2.05) is 31.2 Å². The molecule has 0 bridgehead atoms. The van der Waals surface area contributed by atoms with Gasteiger partial charge in [-0.25, -0.2) is 4.39 Å². The van der Waals surface area contributed by atoms with Crippen molar-refractivity contribution in [2.24, 2.45) is 5.73 Å². The molecule has 4 heteroatoms. The van der Waals surface area contributed by atoms with Crippen LogP contribution in [-0.2, 0) is 6.61 Å². The second kappa shape index (κ2) is 6.17. The molecule has 0 saturated carbocycles. The highest BCUT2D eigenvalue weighted by atomic mass is 79.9. The molecule has 0 aliphatic heterocycles. The van der Waals surface area contributed by atoms with Crippen molar-refractivity contribution < 1.29 is 9.13 Å². The number of rotatable bonds is 4. The SMILES string of the molecule is CC(N)c1ccc(F)cc1OCc1cccc(Br)c1. The molecule has 2 N–H and O–H groups in total. The zero-order valence-electron chi connectivity index (χ0n) is 10.6. The molecule has 0 spiro atoms. The normalized spacial score (nSPS) is 12.2. The molecule has 0 fully saturated rings. The van der Waals surface area contributed by atoms with Gasteiger partial charge in [-0.1, -0.05) is 34.1 Å². The molecule has 2 nitrogen and oxygen atoms in total. The summed E-state index contributed by atoms with van der Waals surface area (Å²) < 4.78 is 19.9. The van der Waals surface area contributed by atoms with E-state index in [2.05, 4.69) is 15.9 Å². The van der Waals surface area contributed by atoms with Crippen LogP contribution in [-0.4, -0.2) is 0 Å². The van der Waals surface area contributed by atoms with Gasteiger partial charge in [-0.05, 0) is 30.7 Å². The zero-order chi connectivity index (χ0) is 13.8. The highest BCUT2D eigenvalue weighted by Gasteiger charge is 2.09. The summed E-state index contributed by atoms with van der Waals surface area (Å²) in [5.41, 5.74) is 7.66. The van der Waals surface area contributed by atoms with Crippen molar-refractivity contribution in [2.75, 3.05) is 0 Å². The minimum atomic E-state index is -0.325. The van der Waals surface area contributed by atoms with E-state index in [1.54, 1.807) is 6.07 Å². The van der Waals surface area contributed by atoms with Crippen LogP contribution in [0.5, 0.6) is 5.75 Å². The molecule has 0 aliphatic rings. The largest absolute Gasteiger partial charge is 0.488 e. The van der Waals surface area contributed by atoms with E-state index in [-0.39, 0.29) is 11.9 Å². The second-order valence-corrected chi connectivity index (χ2v) is 5.31. The molecule has 2 aromatic carbocycles. The fraction of sp³-hybridized carbons (Fsp3) is 0.200. The van der Waals surface area contributed by atoms with Crippen LogP contribution in [0.25, 0.3) is 0 Å². The van der Waals surface area contributed by atoms with Crippen LogP contribution in [0.4, 0.5) is 4.39 Å². The lowest BCUT2D eigenvalue weighted by Crippen LogP contribution is -2.08. The lowest BCUT2D eigenvalue weighted by Gasteiger charge is -2.14. The fourth-order valence-electron chi connectivity index (χ4n) is 1.80. The summed E-state index contributed by atoms with van der Waals surface area (Å²) in [6.07, 6.45) is 0. The predicted molar refractivity (Wildman–Crippen MR) is 77.5 cm³/mol. The fourth-order valence-corrected chi connectivity index (χ4v) is 2.24. The topological polar surface area (TPSA) is 35.2 Å². The maximum atomic E-state index is 13.3. The smallest absolute Gasteiger partial charge is 0.127 e. The first-order chi connectivity index (χ1) is 9.06. The van der Waals surface area contributed by atoms with Crippen molar-refractivity contribution in [1.29, 1.82) is 0 Å². The lowest BCUT2D eigenvalue weighted by atomic mass is 10.1. The summed E-state index contributed by atoms with van der Waals surface area (Å²) in [5, 5.41) is 0. The molecule has 0 aliphatic carbocycles. The Morgan fingerprint density at radius 2 is 2.05 bits per heavy atom. The van der Waals surface area contributed by atoms with E-state index in [0.29, 0.717) is 12.4 Å². The number of benzene rings is 2. The third-order valence-corrected chi connectivity index (χ3v) is 3.24. The standard InChI is InChI=1S/C15H15BrFNO/c1-10(18)14-6-5-13(17)8-15(14)19-9-11-3-2-4-12(16)7-11/h2-8,10H,9,18H2,1H3. The Balaban J connectivity index is 2.17. The van der Waals surface area contributed by atoms with Crippen molar-refractivity contribution in [3.8, 4) is 5.75 Å². The second-order valence-electron chi connectivity index (χ2n) is 4.39. The number of ether oxygens (including phenoxy) is 1. The van der Waals surface area contributed by atoms with Gasteiger partial charge in [0.15, 0.2) is 0 Å². The van der Waals surface area contributed by atoms with Gasteiger partial charge >= 0.3 is 0 Å². The van der Waals surface area contributed by atoms with Crippen LogP contribution in [0, 0.1) is 5.82 Å². The highest BCUT2D eigenvalue weighted by Crippen LogP contribution is 2.26. The summed E-state index contributed by atoms with van der Waals surface area (Å²) in [4.78, 5) is 0. The molecule has 0 radical (unpaired) electrons. The molecular formula is C15H15BrFNO. The molecule has 0 amide bonds. The van der Waals surface area contributed by atoms with Gasteiger partial charge in [0.05, 0.1) is 0 Å². The Morgan fingerprint density at radius 3 is 2.74 bits per heavy atom. The number of nitrogens with two attached hydrogens (primary N) is 1. The van der Waals surface area contributed by atoms with E-state index in [0.717, 1.165) is 15.6 Å². The van der Waals surface area contributed by atoms with Crippen LogP contribution >= 0.6 is 15.9 Å². The van der Waals surface area contributed by atoms with Crippen molar-refractivity contribution in [3.63, 3.8) is 0 Å². The van der Waals surface area contributed by atoms with Crippen LogP contribution in [0.15, 0.2) is 46.9 Å². The average molecular weight is 324 g/mol. The van der Waals surface area contributed by atoms with Gasteiger partial charge in [0.25, 0.3) is 0 Å². The Kier molecular flexibility index (Phi) is 4.56. The minimum absolute atomic E-state index is 0.196. The van der Waals surface area contributed by atoms with Gasteiger partial charge in [0.2, 0.25) is 0 Å². The minimum Gasteiger partial charge on any atom is -0.488 e. The van der Waals surface area contributed by atoms with Crippen LogP contribution in [0.3, 0.4) is 0 Å². The summed E-state index contributed by atoms with van der Waals surface area (Å²) in [6.45, 7) is 2.22. The monoisotopic (exact) mass is 323 g/mol. The molecule has 100 valence electrons. The number of hydrogen-bond donors (Lipinski definition) is 1. The van der Waals surface area contributed by atoms with Gasteiger partial charge in [0, 0.05) is 22.1 Å². The first kappa shape index (κ1) is 14.0. The zero-order valence-corrected chi connectivity index (χ0v) is 12.2. The van der Waals surface area contributed by atoms with Gasteiger partial charge in [-0.2, -0.15) is 0 Å². The highest BCUT2D eigenvalue weighted by molar-refractivity contribution is 9.10. The number of halogens is 2. The first-order valence-electron chi connectivity index (χ1n) is 5.98. The van der Waals surface area contributed by atoms with E-state index in [4.69, 9.17) is 10.5 Å². The molecule has 0 saturated heterocycles. The van der Waals surface area contributed by atoms with Gasteiger partial charge in [0.1, 0.15) is 18.2 Å². The van der Waals surface area contributed by atoms with Gasteiger partial charge in [-0.3, -0.25) is 0 Å². The van der Waals surface area contributed by atoms with E-state index in [1.165, 1.54) is 12.1 Å². The third-order valence-electron chi connectivity index (χ3n) is 2.75. The number of hydrogen-bond acceptors (Lipinski definition) is 2. The molecule has 2 rings (SSSR count).